The Balaban J connectivity index is 1.67. The molecule has 2 aromatic carbocycles. The molecule has 1 saturated carbocycles. The Labute approximate surface area is 175 Å². The van der Waals surface area contributed by atoms with E-state index in [1.165, 1.54) is 0 Å². The Morgan fingerprint density at radius 3 is 2.43 bits per heavy atom. The van der Waals surface area contributed by atoms with E-state index < -0.39 is 6.04 Å². The van der Waals surface area contributed by atoms with Gasteiger partial charge in [0, 0.05) is 11.6 Å². The van der Waals surface area contributed by atoms with Gasteiger partial charge < -0.3 is 4.90 Å². The maximum Gasteiger partial charge on any atom is 0.257 e. The van der Waals surface area contributed by atoms with Gasteiger partial charge in [0.1, 0.15) is 6.04 Å². The zero-order chi connectivity index (χ0) is 21.3. The smallest absolute Gasteiger partial charge is 0.257 e. The monoisotopic (exact) mass is 401 g/mol. The fraction of sp³-hybridized carbons (Fsp3) is 0.333. The molecule has 3 amide bonds. The topological polar surface area (TPSA) is 81.5 Å². The molecule has 1 aliphatic heterocycles. The quantitative estimate of drug-likeness (QED) is 0.733. The van der Waals surface area contributed by atoms with E-state index in [0.29, 0.717) is 16.8 Å². The highest BCUT2D eigenvalue weighted by molar-refractivity contribution is 6.23. The summed E-state index contributed by atoms with van der Waals surface area (Å²) in [6.07, 6.45) is 3.68. The zero-order valence-corrected chi connectivity index (χ0v) is 16.9. The first kappa shape index (κ1) is 19.8. The molecule has 1 heterocycles. The van der Waals surface area contributed by atoms with Gasteiger partial charge in [-0.2, -0.15) is 5.26 Å². The largest absolute Gasteiger partial charge is 0.323 e. The van der Waals surface area contributed by atoms with E-state index >= 15 is 0 Å². The summed E-state index contributed by atoms with van der Waals surface area (Å²) in [6.45, 7) is 1.92. The van der Waals surface area contributed by atoms with Crippen LogP contribution in [0.25, 0.3) is 0 Å². The lowest BCUT2D eigenvalue weighted by atomic mass is 10.0. The first-order valence-corrected chi connectivity index (χ1v) is 10.3. The van der Waals surface area contributed by atoms with Gasteiger partial charge in [0.2, 0.25) is 5.91 Å². The SMILES string of the molecule is Cc1cccc(C(=O)N(C2CCCC2)C2CC(=O)N(c3ccc(C#N)cc3)C2=O)c1. The van der Waals surface area contributed by atoms with Crippen LogP contribution in [0.5, 0.6) is 0 Å². The second kappa shape index (κ2) is 8.11. The van der Waals surface area contributed by atoms with Gasteiger partial charge in [-0.25, -0.2) is 4.90 Å². The molecule has 2 aromatic rings. The van der Waals surface area contributed by atoms with Crippen molar-refractivity contribution in [1.82, 2.24) is 4.90 Å². The Morgan fingerprint density at radius 1 is 1.10 bits per heavy atom. The number of amides is 3. The molecular formula is C24H23N3O3. The van der Waals surface area contributed by atoms with Crippen LogP contribution in [0.4, 0.5) is 5.69 Å². The van der Waals surface area contributed by atoms with Crippen molar-refractivity contribution in [1.29, 1.82) is 5.26 Å². The van der Waals surface area contributed by atoms with E-state index in [2.05, 4.69) is 0 Å². The maximum atomic E-state index is 13.5. The minimum Gasteiger partial charge on any atom is -0.323 e. The van der Waals surface area contributed by atoms with E-state index in [4.69, 9.17) is 5.26 Å². The number of rotatable bonds is 4. The minimum atomic E-state index is -0.802. The normalized spacial score (nSPS) is 19.2. The lowest BCUT2D eigenvalue weighted by Crippen LogP contribution is -2.50. The second-order valence-corrected chi connectivity index (χ2v) is 7.97. The average molecular weight is 401 g/mol. The number of imide groups is 1. The van der Waals surface area contributed by atoms with E-state index in [0.717, 1.165) is 36.1 Å². The molecule has 152 valence electrons. The lowest BCUT2D eigenvalue weighted by molar-refractivity contribution is -0.123. The molecular weight excluding hydrogens is 378 g/mol. The lowest BCUT2D eigenvalue weighted by Gasteiger charge is -2.33. The molecule has 0 radical (unpaired) electrons. The minimum absolute atomic E-state index is 0.0209. The van der Waals surface area contributed by atoms with Gasteiger partial charge in [0.05, 0.1) is 23.7 Å². The molecule has 1 atom stereocenters. The van der Waals surface area contributed by atoms with E-state index in [1.54, 1.807) is 35.2 Å². The third kappa shape index (κ3) is 3.59. The molecule has 0 N–H and O–H groups in total. The van der Waals surface area contributed by atoms with Crippen LogP contribution in [0.1, 0.15) is 53.6 Å². The van der Waals surface area contributed by atoms with Crippen LogP contribution in [0, 0.1) is 18.3 Å². The summed E-state index contributed by atoms with van der Waals surface area (Å²) in [7, 11) is 0. The predicted octanol–water partition coefficient (Wildman–Crippen LogP) is 3.58. The average Bonchev–Trinajstić information content (AvgIpc) is 3.37. The molecule has 0 aromatic heterocycles. The number of nitrogens with zero attached hydrogens (tertiary/aromatic N) is 3. The van der Waals surface area contributed by atoms with Crippen molar-refractivity contribution in [3.63, 3.8) is 0 Å². The van der Waals surface area contributed by atoms with Crippen LogP contribution >= 0.6 is 0 Å². The molecule has 2 fully saturated rings. The summed E-state index contributed by atoms with van der Waals surface area (Å²) >= 11 is 0. The number of nitriles is 1. The predicted molar refractivity (Wildman–Crippen MR) is 112 cm³/mol. The fourth-order valence-electron chi connectivity index (χ4n) is 4.46. The molecule has 1 saturated heterocycles. The van der Waals surface area contributed by atoms with Crippen LogP contribution in [0.15, 0.2) is 48.5 Å². The molecule has 2 aliphatic rings. The van der Waals surface area contributed by atoms with Gasteiger partial charge >= 0.3 is 0 Å². The molecule has 4 rings (SSSR count). The van der Waals surface area contributed by atoms with Gasteiger partial charge in [-0.05, 0) is 56.2 Å². The maximum absolute atomic E-state index is 13.5. The van der Waals surface area contributed by atoms with Crippen molar-refractivity contribution < 1.29 is 14.4 Å². The van der Waals surface area contributed by atoms with Gasteiger partial charge in [0.25, 0.3) is 11.8 Å². The number of benzene rings is 2. The second-order valence-electron chi connectivity index (χ2n) is 7.97. The number of hydrogen-bond acceptors (Lipinski definition) is 4. The van der Waals surface area contributed by atoms with E-state index in [1.807, 2.05) is 31.2 Å². The first-order valence-electron chi connectivity index (χ1n) is 10.3. The number of hydrogen-bond donors (Lipinski definition) is 0. The summed E-state index contributed by atoms with van der Waals surface area (Å²) in [5.41, 5.74) is 2.40. The zero-order valence-electron chi connectivity index (χ0n) is 16.9. The first-order chi connectivity index (χ1) is 14.5. The molecule has 30 heavy (non-hydrogen) atoms. The highest BCUT2D eigenvalue weighted by Crippen LogP contribution is 2.33. The van der Waals surface area contributed by atoms with Crippen LogP contribution < -0.4 is 4.90 Å². The third-order valence-electron chi connectivity index (χ3n) is 5.93. The summed E-state index contributed by atoms with van der Waals surface area (Å²) in [5, 5.41) is 8.98. The third-order valence-corrected chi connectivity index (χ3v) is 5.93. The molecule has 0 bridgehead atoms. The van der Waals surface area contributed by atoms with Crippen LogP contribution in [0.2, 0.25) is 0 Å². The number of aryl methyl sites for hydroxylation is 1. The summed E-state index contributed by atoms with van der Waals surface area (Å²) in [5.74, 6) is -0.897. The Kier molecular flexibility index (Phi) is 5.37. The number of carbonyl (C=O) groups is 3. The van der Waals surface area contributed by atoms with E-state index in [9.17, 15) is 14.4 Å². The number of anilines is 1. The Hall–Kier alpha value is -3.46. The number of carbonyl (C=O) groups excluding carboxylic acids is 3. The van der Waals surface area contributed by atoms with Crippen LogP contribution in [-0.4, -0.2) is 34.7 Å². The van der Waals surface area contributed by atoms with Crippen molar-refractivity contribution >= 4 is 23.4 Å². The Bertz CT molecular complexity index is 1030. The van der Waals surface area contributed by atoms with Crippen molar-refractivity contribution in [2.45, 2.75) is 51.1 Å². The van der Waals surface area contributed by atoms with Crippen LogP contribution in [-0.2, 0) is 9.59 Å². The molecule has 0 spiro atoms. The highest BCUT2D eigenvalue weighted by Gasteiger charge is 2.47. The molecule has 1 unspecified atom stereocenters. The van der Waals surface area contributed by atoms with Gasteiger partial charge in [-0.15, -0.1) is 0 Å². The van der Waals surface area contributed by atoms with Gasteiger partial charge in [-0.1, -0.05) is 30.5 Å². The van der Waals surface area contributed by atoms with Crippen LogP contribution in [0.3, 0.4) is 0 Å². The highest BCUT2D eigenvalue weighted by atomic mass is 16.2. The van der Waals surface area contributed by atoms with Gasteiger partial charge in [-0.3, -0.25) is 14.4 Å². The standard InChI is InChI=1S/C24H23N3O3/c1-16-5-4-6-18(13-16)23(29)26(19-7-2-3-8-19)21-14-22(28)27(24(21)30)20-11-9-17(15-25)10-12-20/h4-6,9-13,19,21H,2-3,7-8,14H2,1H3. The molecule has 1 aliphatic carbocycles. The van der Waals surface area contributed by atoms with Crippen molar-refractivity contribution in [2.75, 3.05) is 4.90 Å². The summed E-state index contributed by atoms with van der Waals surface area (Å²) in [4.78, 5) is 42.4. The fourth-order valence-corrected chi connectivity index (χ4v) is 4.46. The van der Waals surface area contributed by atoms with E-state index in [-0.39, 0.29) is 30.2 Å². The van der Waals surface area contributed by atoms with Crippen molar-refractivity contribution in [2.24, 2.45) is 0 Å². The Morgan fingerprint density at radius 2 is 1.80 bits per heavy atom. The molecule has 6 nitrogen and oxygen atoms in total. The molecule has 6 heteroatoms. The van der Waals surface area contributed by atoms with Gasteiger partial charge in [0.15, 0.2) is 0 Å². The summed E-state index contributed by atoms with van der Waals surface area (Å²) < 4.78 is 0. The van der Waals surface area contributed by atoms with Crippen molar-refractivity contribution in [3.05, 3.63) is 65.2 Å². The van der Waals surface area contributed by atoms with Crippen molar-refractivity contribution in [3.8, 4) is 6.07 Å². The summed E-state index contributed by atoms with van der Waals surface area (Å²) in [6, 6.07) is 14.9.